The zero-order chi connectivity index (χ0) is 20.4. The second kappa shape index (κ2) is 11.3. The van der Waals surface area contributed by atoms with Gasteiger partial charge < -0.3 is 20.5 Å². The van der Waals surface area contributed by atoms with E-state index in [0.717, 1.165) is 37.4 Å². The summed E-state index contributed by atoms with van der Waals surface area (Å²) < 4.78 is 7.57. The lowest BCUT2D eigenvalue weighted by atomic mass is 10.1. The normalized spacial score (nSPS) is 12.9. The van der Waals surface area contributed by atoms with E-state index < -0.39 is 6.10 Å². The lowest BCUT2D eigenvalue weighted by Gasteiger charge is -2.14. The minimum Gasteiger partial charge on any atom is -0.491 e. The molecule has 1 heterocycles. The maximum Gasteiger partial charge on any atom is 0.191 e. The summed E-state index contributed by atoms with van der Waals surface area (Å²) in [5.41, 5.74) is 1.99. The van der Waals surface area contributed by atoms with E-state index in [2.05, 4.69) is 20.7 Å². The summed E-state index contributed by atoms with van der Waals surface area (Å²) >= 11 is 0. The average Bonchev–Trinajstić information content (AvgIpc) is 3.08. The number of aliphatic hydroxyl groups excluding tert-OH is 1. The molecule has 0 radical (unpaired) electrons. The molecule has 7 nitrogen and oxygen atoms in total. The Bertz CT molecular complexity index is 725. The van der Waals surface area contributed by atoms with Gasteiger partial charge in [-0.25, -0.2) is 0 Å². The molecule has 154 valence electrons. The van der Waals surface area contributed by atoms with Crippen molar-refractivity contribution in [3.05, 3.63) is 47.8 Å². The summed E-state index contributed by atoms with van der Waals surface area (Å²) in [5, 5.41) is 21.2. The van der Waals surface area contributed by atoms with Crippen molar-refractivity contribution in [3.8, 4) is 5.75 Å². The van der Waals surface area contributed by atoms with Crippen molar-refractivity contribution in [2.24, 2.45) is 4.99 Å². The van der Waals surface area contributed by atoms with E-state index in [9.17, 15) is 5.11 Å². The van der Waals surface area contributed by atoms with Crippen LogP contribution >= 0.6 is 0 Å². The number of hydrogen-bond acceptors (Lipinski definition) is 4. The number of guanidine groups is 1. The Morgan fingerprint density at radius 2 is 2.00 bits per heavy atom. The van der Waals surface area contributed by atoms with Gasteiger partial charge in [0, 0.05) is 25.8 Å². The fraction of sp³-hybridized carbons (Fsp3) is 0.524. The molecule has 2 rings (SSSR count). The van der Waals surface area contributed by atoms with E-state index in [-0.39, 0.29) is 12.6 Å². The molecule has 0 aliphatic carbocycles. The van der Waals surface area contributed by atoms with Crippen LogP contribution in [0, 0.1) is 6.92 Å². The van der Waals surface area contributed by atoms with E-state index >= 15 is 0 Å². The molecule has 0 spiro atoms. The van der Waals surface area contributed by atoms with Gasteiger partial charge in [0.2, 0.25) is 0 Å². The molecular weight excluding hydrogens is 354 g/mol. The van der Waals surface area contributed by atoms with E-state index in [1.54, 1.807) is 0 Å². The minimum atomic E-state index is -0.657. The Hall–Kier alpha value is -2.54. The molecule has 0 amide bonds. The zero-order valence-electron chi connectivity index (χ0n) is 17.4. The quantitative estimate of drug-likeness (QED) is 0.332. The number of nitrogens with zero attached hydrogens (tertiary/aromatic N) is 3. The van der Waals surface area contributed by atoms with Gasteiger partial charge in [-0.2, -0.15) is 5.10 Å². The molecule has 1 unspecified atom stereocenters. The van der Waals surface area contributed by atoms with Crippen molar-refractivity contribution in [2.75, 3.05) is 19.6 Å². The first kappa shape index (κ1) is 21.8. The molecule has 28 heavy (non-hydrogen) atoms. The first-order valence-electron chi connectivity index (χ1n) is 9.94. The van der Waals surface area contributed by atoms with Crippen LogP contribution < -0.4 is 15.4 Å². The van der Waals surface area contributed by atoms with Crippen molar-refractivity contribution in [1.82, 2.24) is 20.4 Å². The van der Waals surface area contributed by atoms with Crippen LogP contribution in [0.1, 0.15) is 44.4 Å². The number of nitrogens with one attached hydrogen (secondary N) is 2. The average molecular weight is 388 g/mol. The molecule has 2 aromatic rings. The van der Waals surface area contributed by atoms with Crippen LogP contribution in [-0.4, -0.2) is 46.6 Å². The standard InChI is InChI=1S/C21H33N5O2/c1-5-22-21(23-11-6-12-26-15-17(4)13-25-26)24-14-20(27)18-7-9-19(10-8-18)28-16(2)3/h7-10,13,15-16,20,27H,5-6,11-12,14H2,1-4H3,(H2,22,23,24). The van der Waals surface area contributed by atoms with Crippen LogP contribution in [0.15, 0.2) is 41.7 Å². The highest BCUT2D eigenvalue weighted by Gasteiger charge is 2.08. The molecule has 0 saturated heterocycles. The second-order valence-corrected chi connectivity index (χ2v) is 7.03. The summed E-state index contributed by atoms with van der Waals surface area (Å²) in [6.07, 6.45) is 4.31. The van der Waals surface area contributed by atoms with Crippen LogP contribution in [0.5, 0.6) is 5.75 Å². The lowest BCUT2D eigenvalue weighted by molar-refractivity contribution is 0.186. The molecule has 3 N–H and O–H groups in total. The zero-order valence-corrected chi connectivity index (χ0v) is 17.4. The van der Waals surface area contributed by atoms with Crippen LogP contribution in [0.25, 0.3) is 0 Å². The van der Waals surface area contributed by atoms with E-state index in [4.69, 9.17) is 4.74 Å². The molecule has 0 saturated carbocycles. The predicted molar refractivity (Wildman–Crippen MR) is 113 cm³/mol. The second-order valence-electron chi connectivity index (χ2n) is 7.03. The van der Waals surface area contributed by atoms with Gasteiger partial charge in [0.05, 0.1) is 24.9 Å². The third-order valence-corrected chi connectivity index (χ3v) is 4.02. The van der Waals surface area contributed by atoms with E-state index in [1.807, 2.05) is 69.0 Å². The van der Waals surface area contributed by atoms with Gasteiger partial charge in [0.25, 0.3) is 0 Å². The largest absolute Gasteiger partial charge is 0.491 e. The van der Waals surface area contributed by atoms with Crippen molar-refractivity contribution < 1.29 is 9.84 Å². The summed E-state index contributed by atoms with van der Waals surface area (Å²) in [7, 11) is 0. The Morgan fingerprint density at radius 1 is 1.25 bits per heavy atom. The number of aromatic nitrogens is 2. The number of benzene rings is 1. The molecule has 0 aliphatic heterocycles. The molecule has 1 aromatic carbocycles. The summed E-state index contributed by atoms with van der Waals surface area (Å²) in [4.78, 5) is 4.50. The molecule has 0 bridgehead atoms. The Labute approximate surface area is 167 Å². The topological polar surface area (TPSA) is 83.7 Å². The Balaban J connectivity index is 1.81. The number of aliphatic imine (C=N–C) groups is 1. The van der Waals surface area contributed by atoms with Crippen molar-refractivity contribution in [3.63, 3.8) is 0 Å². The highest BCUT2D eigenvalue weighted by Crippen LogP contribution is 2.19. The summed E-state index contributed by atoms with van der Waals surface area (Å²) in [6, 6.07) is 7.51. The number of ether oxygens (including phenoxy) is 1. The third kappa shape index (κ3) is 7.60. The first-order chi connectivity index (χ1) is 13.5. The molecule has 1 atom stereocenters. The predicted octanol–water partition coefficient (Wildman–Crippen LogP) is 2.66. The van der Waals surface area contributed by atoms with Crippen LogP contribution in [0.2, 0.25) is 0 Å². The minimum absolute atomic E-state index is 0.131. The Morgan fingerprint density at radius 3 is 2.61 bits per heavy atom. The highest BCUT2D eigenvalue weighted by atomic mass is 16.5. The third-order valence-electron chi connectivity index (χ3n) is 4.02. The van der Waals surface area contributed by atoms with Crippen molar-refractivity contribution >= 4 is 5.96 Å². The van der Waals surface area contributed by atoms with Crippen molar-refractivity contribution in [1.29, 1.82) is 0 Å². The number of aliphatic hydroxyl groups is 1. The number of hydrogen-bond donors (Lipinski definition) is 3. The monoisotopic (exact) mass is 387 g/mol. The molecule has 0 aliphatic rings. The van der Waals surface area contributed by atoms with E-state index in [0.29, 0.717) is 5.96 Å². The first-order valence-corrected chi connectivity index (χ1v) is 9.94. The number of rotatable bonds is 10. The molecule has 0 fully saturated rings. The smallest absolute Gasteiger partial charge is 0.191 e. The Kier molecular flexibility index (Phi) is 8.81. The fourth-order valence-electron chi connectivity index (χ4n) is 2.70. The number of aryl methyl sites for hydroxylation is 2. The fourth-order valence-corrected chi connectivity index (χ4v) is 2.70. The van der Waals surface area contributed by atoms with Crippen LogP contribution in [0.4, 0.5) is 0 Å². The van der Waals surface area contributed by atoms with Crippen LogP contribution in [0.3, 0.4) is 0 Å². The molecule has 1 aromatic heterocycles. The highest BCUT2D eigenvalue weighted by molar-refractivity contribution is 5.79. The maximum absolute atomic E-state index is 10.4. The van der Waals surface area contributed by atoms with Gasteiger partial charge in [-0.15, -0.1) is 0 Å². The van der Waals surface area contributed by atoms with Crippen LogP contribution in [-0.2, 0) is 6.54 Å². The lowest BCUT2D eigenvalue weighted by Crippen LogP contribution is -2.38. The summed E-state index contributed by atoms with van der Waals surface area (Å²) in [6.45, 7) is 10.7. The van der Waals surface area contributed by atoms with Crippen molar-refractivity contribution in [2.45, 2.75) is 52.9 Å². The SMILES string of the molecule is CCNC(=NCC(O)c1ccc(OC(C)C)cc1)NCCCn1cc(C)cn1. The summed E-state index contributed by atoms with van der Waals surface area (Å²) in [5.74, 6) is 1.51. The van der Waals surface area contributed by atoms with Gasteiger partial charge in [-0.1, -0.05) is 12.1 Å². The molecule has 7 heteroatoms. The van der Waals surface area contributed by atoms with E-state index in [1.165, 1.54) is 5.56 Å². The molecular formula is C21H33N5O2. The van der Waals surface area contributed by atoms with Gasteiger partial charge in [-0.05, 0) is 57.4 Å². The van der Waals surface area contributed by atoms with Gasteiger partial charge in [0.15, 0.2) is 5.96 Å². The van der Waals surface area contributed by atoms with Gasteiger partial charge in [-0.3, -0.25) is 9.67 Å². The van der Waals surface area contributed by atoms with Gasteiger partial charge in [0.1, 0.15) is 5.75 Å². The van der Waals surface area contributed by atoms with Gasteiger partial charge >= 0.3 is 0 Å². The maximum atomic E-state index is 10.4.